The Morgan fingerprint density at radius 1 is 1.07 bits per heavy atom. The second-order valence-electron chi connectivity index (χ2n) is 15.7. The standard InChI is InChI=1S/C42H45N11O7/c1-5-51-35(55)21-52(39-40(51)49-33(20-43-39)28-13-15-32(47-24(28)2)38-45-23-46-50-38)34(54)7-6-17-59-27-11-8-25(9-12-27)41(56)44-22-42(3,4)37-29-16-18-60-36(29)30-19-26(53(57)58)10-14-31(30)48-37/h8-15,19-20,23,29,36-37,48H,5-7,16-18,21-22H2,1-4H3,(H,44,56)(H,45,46,50)/t29-,36+,37?/m1/s1. The number of anilines is 3. The first-order valence-corrected chi connectivity index (χ1v) is 19.9. The van der Waals surface area contributed by atoms with Crippen molar-refractivity contribution in [3.63, 3.8) is 0 Å². The second-order valence-corrected chi connectivity index (χ2v) is 15.7. The van der Waals surface area contributed by atoms with Gasteiger partial charge in [-0.15, -0.1) is 0 Å². The maximum atomic E-state index is 13.5. The highest BCUT2D eigenvalue weighted by molar-refractivity contribution is 6.09. The summed E-state index contributed by atoms with van der Waals surface area (Å²) in [7, 11) is 0. The van der Waals surface area contributed by atoms with Crippen molar-refractivity contribution in [3.8, 4) is 28.5 Å². The van der Waals surface area contributed by atoms with Crippen molar-refractivity contribution < 1.29 is 28.8 Å². The Bertz CT molecular complexity index is 2440. The molecular formula is C42H45N11O7. The lowest BCUT2D eigenvalue weighted by Gasteiger charge is -2.44. The van der Waals surface area contributed by atoms with Crippen molar-refractivity contribution in [1.29, 1.82) is 0 Å². The van der Waals surface area contributed by atoms with Gasteiger partial charge in [0.15, 0.2) is 17.5 Å². The zero-order chi connectivity index (χ0) is 42.1. The molecule has 3 N–H and O–H groups in total. The Balaban J connectivity index is 0.843. The number of rotatable bonds is 13. The number of carbonyl (C=O) groups is 3. The summed E-state index contributed by atoms with van der Waals surface area (Å²) in [6, 6.07) is 15.3. The number of amides is 3. The van der Waals surface area contributed by atoms with Crippen LogP contribution in [0.4, 0.5) is 23.0 Å². The molecule has 0 radical (unpaired) electrons. The molecule has 1 unspecified atom stereocenters. The number of fused-ring (bicyclic) bond motifs is 4. The van der Waals surface area contributed by atoms with Gasteiger partial charge in [0.2, 0.25) is 11.8 Å². The molecule has 18 nitrogen and oxygen atoms in total. The lowest BCUT2D eigenvalue weighted by Crippen LogP contribution is -2.51. The van der Waals surface area contributed by atoms with E-state index in [1.807, 2.05) is 19.9 Å². The predicted octanol–water partition coefficient (Wildman–Crippen LogP) is 5.43. The van der Waals surface area contributed by atoms with Crippen LogP contribution in [0.5, 0.6) is 5.75 Å². The van der Waals surface area contributed by atoms with Gasteiger partial charge in [-0.1, -0.05) is 13.8 Å². The number of likely N-dealkylation sites (N-methyl/N-ethyl adjacent to an activating group) is 1. The van der Waals surface area contributed by atoms with E-state index in [4.69, 9.17) is 14.5 Å². The van der Waals surface area contributed by atoms with E-state index in [1.54, 1.807) is 48.7 Å². The Labute approximate surface area is 345 Å². The zero-order valence-corrected chi connectivity index (χ0v) is 33.7. The Morgan fingerprint density at radius 2 is 1.88 bits per heavy atom. The zero-order valence-electron chi connectivity index (χ0n) is 33.7. The van der Waals surface area contributed by atoms with Crippen LogP contribution in [0, 0.1) is 28.4 Å². The van der Waals surface area contributed by atoms with E-state index < -0.39 is 4.92 Å². The van der Waals surface area contributed by atoms with Gasteiger partial charge in [0.05, 0.1) is 29.5 Å². The minimum Gasteiger partial charge on any atom is -0.494 e. The van der Waals surface area contributed by atoms with E-state index in [9.17, 15) is 24.5 Å². The van der Waals surface area contributed by atoms with E-state index in [1.165, 1.54) is 22.2 Å². The van der Waals surface area contributed by atoms with Crippen LogP contribution in [0.2, 0.25) is 0 Å². The van der Waals surface area contributed by atoms with Crippen LogP contribution >= 0.6 is 0 Å². The lowest BCUT2D eigenvalue weighted by atomic mass is 9.71. The van der Waals surface area contributed by atoms with Crippen LogP contribution in [0.15, 0.2) is 67.1 Å². The van der Waals surface area contributed by atoms with Gasteiger partial charge >= 0.3 is 0 Å². The summed E-state index contributed by atoms with van der Waals surface area (Å²) in [6.45, 7) is 9.27. The Hall–Kier alpha value is -6.82. The fourth-order valence-corrected chi connectivity index (χ4v) is 8.23. The largest absolute Gasteiger partial charge is 0.494 e. The van der Waals surface area contributed by atoms with Crippen LogP contribution in [0.1, 0.15) is 67.8 Å². The minimum atomic E-state index is -0.396. The number of nitrogens with one attached hydrogen (secondary N) is 3. The first-order chi connectivity index (χ1) is 28.9. The predicted molar refractivity (Wildman–Crippen MR) is 220 cm³/mol. The average molecular weight is 816 g/mol. The van der Waals surface area contributed by atoms with E-state index in [0.717, 1.165) is 23.2 Å². The third kappa shape index (κ3) is 7.84. The highest BCUT2D eigenvalue weighted by atomic mass is 16.6. The SMILES string of the molecule is CCN1C(=O)CN(C(=O)CCCOc2ccc(C(=O)NCC(C)(C)C3Nc4ccc([N+](=O)[O-])cc4[C@H]4OCC[C@@H]34)cc2)c2ncc(-c3ccc(-c4ncn[nH]4)nc3C)nc21. The molecule has 310 valence electrons. The summed E-state index contributed by atoms with van der Waals surface area (Å²) >= 11 is 0. The number of benzene rings is 2. The molecule has 60 heavy (non-hydrogen) atoms. The van der Waals surface area contributed by atoms with Crippen molar-refractivity contribution in [3.05, 3.63) is 94.1 Å². The van der Waals surface area contributed by atoms with Crippen molar-refractivity contribution in [1.82, 2.24) is 35.5 Å². The van der Waals surface area contributed by atoms with Gasteiger partial charge in [0, 0.05) is 83.7 Å². The van der Waals surface area contributed by atoms with E-state index in [0.29, 0.717) is 72.0 Å². The summed E-state index contributed by atoms with van der Waals surface area (Å²) in [6.07, 6.45) is 4.04. The van der Waals surface area contributed by atoms with Crippen LogP contribution in [0.25, 0.3) is 22.8 Å². The van der Waals surface area contributed by atoms with Gasteiger partial charge in [-0.05, 0) is 69.2 Å². The first-order valence-electron chi connectivity index (χ1n) is 19.9. The molecule has 3 aliphatic heterocycles. The summed E-state index contributed by atoms with van der Waals surface area (Å²) in [5, 5.41) is 24.8. The number of H-pyrrole nitrogens is 1. The number of aromatic nitrogens is 6. The molecule has 3 aromatic heterocycles. The number of nitro benzene ring substituents is 1. The van der Waals surface area contributed by atoms with Gasteiger partial charge in [0.25, 0.3) is 11.6 Å². The fourth-order valence-electron chi connectivity index (χ4n) is 8.23. The highest BCUT2D eigenvalue weighted by Crippen LogP contribution is 2.49. The summed E-state index contributed by atoms with van der Waals surface area (Å²) < 4.78 is 12.0. The highest BCUT2D eigenvalue weighted by Gasteiger charge is 2.47. The van der Waals surface area contributed by atoms with Gasteiger partial charge in [-0.25, -0.2) is 19.9 Å². The van der Waals surface area contributed by atoms with E-state index >= 15 is 0 Å². The molecule has 18 heteroatoms. The van der Waals surface area contributed by atoms with Gasteiger partial charge in [0.1, 0.15) is 24.3 Å². The molecule has 0 aliphatic carbocycles. The molecule has 3 aliphatic rings. The number of hydrogen-bond donors (Lipinski definition) is 3. The second kappa shape index (κ2) is 16.4. The van der Waals surface area contributed by atoms with Crippen LogP contribution < -0.4 is 25.2 Å². The molecule has 6 heterocycles. The molecular weight excluding hydrogens is 771 g/mol. The maximum Gasteiger partial charge on any atom is 0.269 e. The number of nitrogens with zero attached hydrogens (tertiary/aromatic N) is 8. The summed E-state index contributed by atoms with van der Waals surface area (Å²) in [5.74, 6) is 1.04. The molecule has 3 atom stereocenters. The summed E-state index contributed by atoms with van der Waals surface area (Å²) in [5.41, 5.74) is 4.28. The number of non-ortho nitro benzene ring substituents is 1. The monoisotopic (exact) mass is 815 g/mol. The normalized spacial score (nSPS) is 18.3. The van der Waals surface area contributed by atoms with Crippen molar-refractivity contribution in [2.24, 2.45) is 11.3 Å². The lowest BCUT2D eigenvalue weighted by molar-refractivity contribution is -0.385. The maximum absolute atomic E-state index is 13.5. The number of nitro groups is 1. The summed E-state index contributed by atoms with van der Waals surface area (Å²) in [4.78, 5) is 72.1. The topological polar surface area (TPSA) is 224 Å². The molecule has 0 spiro atoms. The molecule has 5 aromatic rings. The van der Waals surface area contributed by atoms with Gasteiger partial charge in [-0.2, -0.15) is 5.10 Å². The number of hydrogen-bond acceptors (Lipinski definition) is 13. The number of ether oxygens (including phenoxy) is 2. The third-order valence-corrected chi connectivity index (χ3v) is 11.4. The molecule has 0 saturated carbocycles. The van der Waals surface area contributed by atoms with Crippen molar-refractivity contribution >= 4 is 40.7 Å². The smallest absolute Gasteiger partial charge is 0.269 e. The molecule has 2 aromatic carbocycles. The Morgan fingerprint density at radius 3 is 2.62 bits per heavy atom. The molecule has 3 amide bonds. The van der Waals surface area contributed by atoms with Crippen molar-refractivity contribution in [2.45, 2.75) is 59.1 Å². The molecule has 1 fully saturated rings. The van der Waals surface area contributed by atoms with Gasteiger partial charge < -0.3 is 20.1 Å². The average Bonchev–Trinajstić information content (AvgIpc) is 3.98. The minimum absolute atomic E-state index is 0.0338. The van der Waals surface area contributed by atoms with Crippen molar-refractivity contribution in [2.75, 3.05) is 48.0 Å². The number of pyridine rings is 1. The van der Waals surface area contributed by atoms with Crippen LogP contribution in [-0.2, 0) is 14.3 Å². The first kappa shape index (κ1) is 40.0. The molecule has 8 rings (SSSR count). The van der Waals surface area contributed by atoms with Crippen LogP contribution in [-0.4, -0.2) is 91.7 Å². The number of carbonyl (C=O) groups excluding carboxylic acids is 3. The number of aromatic amines is 1. The van der Waals surface area contributed by atoms with Crippen LogP contribution in [0.3, 0.4) is 0 Å². The quantitative estimate of drug-likeness (QED) is 0.0768. The molecule has 1 saturated heterocycles. The third-order valence-electron chi connectivity index (χ3n) is 11.4. The Kier molecular flexibility index (Phi) is 11.0. The number of aryl methyl sites for hydroxylation is 1. The van der Waals surface area contributed by atoms with Gasteiger partial charge in [-0.3, -0.25) is 39.4 Å². The molecule has 0 bridgehead atoms. The van der Waals surface area contributed by atoms with E-state index in [2.05, 4.69) is 49.6 Å². The van der Waals surface area contributed by atoms with E-state index in [-0.39, 0.29) is 66.5 Å². The fraction of sp³-hybridized carbons (Fsp3) is 0.381.